The van der Waals surface area contributed by atoms with Crippen molar-refractivity contribution in [1.82, 2.24) is 25.0 Å². The van der Waals surface area contributed by atoms with Crippen LogP contribution in [0.25, 0.3) is 0 Å². The normalized spacial score (nSPS) is 12.9. The fourth-order valence-corrected chi connectivity index (χ4v) is 1.79. The van der Waals surface area contributed by atoms with E-state index >= 15 is 0 Å². The second-order valence-electron chi connectivity index (χ2n) is 3.83. The number of hydrogen-bond donors (Lipinski definition) is 2. The Labute approximate surface area is 94.0 Å². The van der Waals surface area contributed by atoms with Gasteiger partial charge in [-0.1, -0.05) is 0 Å². The Morgan fingerprint density at radius 1 is 1.44 bits per heavy atom. The van der Waals surface area contributed by atoms with Crippen LogP contribution in [0.5, 0.6) is 0 Å². The highest BCUT2D eigenvalue weighted by atomic mass is 15.3. The number of hydrazine groups is 1. The molecule has 86 valence electrons. The van der Waals surface area contributed by atoms with Gasteiger partial charge in [0.15, 0.2) is 0 Å². The molecule has 0 saturated heterocycles. The number of nitrogens with zero attached hydrogens (tertiary/aromatic N) is 4. The Morgan fingerprint density at radius 3 is 2.75 bits per heavy atom. The summed E-state index contributed by atoms with van der Waals surface area (Å²) in [6.07, 6.45) is 6.40. The van der Waals surface area contributed by atoms with Crippen molar-refractivity contribution < 1.29 is 0 Å². The highest BCUT2D eigenvalue weighted by Crippen LogP contribution is 2.16. The Bertz CT molecular complexity index is 457. The average molecular weight is 220 g/mol. The molecule has 0 aliphatic heterocycles. The average Bonchev–Trinajstić information content (AvgIpc) is 2.84. The van der Waals surface area contributed by atoms with Gasteiger partial charge in [-0.3, -0.25) is 20.6 Å². The molecular weight excluding hydrogens is 204 g/mol. The lowest BCUT2D eigenvalue weighted by Crippen LogP contribution is -2.31. The molecule has 0 spiro atoms. The third-order valence-electron chi connectivity index (χ3n) is 2.62. The van der Waals surface area contributed by atoms with Crippen LogP contribution in [0, 0.1) is 0 Å². The van der Waals surface area contributed by atoms with Crippen LogP contribution in [0.2, 0.25) is 0 Å². The van der Waals surface area contributed by atoms with Crippen LogP contribution in [0.4, 0.5) is 0 Å². The summed E-state index contributed by atoms with van der Waals surface area (Å²) in [6, 6.07) is 2.01. The minimum Gasteiger partial charge on any atom is -0.276 e. The Morgan fingerprint density at radius 2 is 2.25 bits per heavy atom. The molecule has 2 heterocycles. The molecule has 6 heteroatoms. The predicted molar refractivity (Wildman–Crippen MR) is 60.2 cm³/mol. The van der Waals surface area contributed by atoms with Crippen LogP contribution < -0.4 is 11.3 Å². The quantitative estimate of drug-likeness (QED) is 0.557. The number of hydrogen-bond acceptors (Lipinski definition) is 4. The molecule has 0 amide bonds. The van der Waals surface area contributed by atoms with Crippen LogP contribution in [0.1, 0.15) is 17.3 Å². The largest absolute Gasteiger partial charge is 0.276 e. The maximum Gasteiger partial charge on any atom is 0.0670 e. The molecule has 0 fully saturated rings. The third-order valence-corrected chi connectivity index (χ3v) is 2.62. The highest BCUT2D eigenvalue weighted by molar-refractivity contribution is 5.13. The van der Waals surface area contributed by atoms with Crippen LogP contribution >= 0.6 is 0 Å². The number of aromatic nitrogens is 4. The summed E-state index contributed by atoms with van der Waals surface area (Å²) in [7, 11) is 3.81. The Kier molecular flexibility index (Phi) is 3.02. The van der Waals surface area contributed by atoms with E-state index < -0.39 is 0 Å². The van der Waals surface area contributed by atoms with Crippen molar-refractivity contribution in [2.45, 2.75) is 12.5 Å². The van der Waals surface area contributed by atoms with Gasteiger partial charge in [0.1, 0.15) is 0 Å². The first-order valence-electron chi connectivity index (χ1n) is 5.12. The van der Waals surface area contributed by atoms with Gasteiger partial charge in [0.05, 0.1) is 17.9 Å². The van der Waals surface area contributed by atoms with Gasteiger partial charge in [-0.2, -0.15) is 10.2 Å². The van der Waals surface area contributed by atoms with Crippen molar-refractivity contribution in [2.75, 3.05) is 0 Å². The van der Waals surface area contributed by atoms with Gasteiger partial charge in [-0.25, -0.2) is 0 Å². The molecule has 0 bridgehead atoms. The molecule has 1 unspecified atom stereocenters. The van der Waals surface area contributed by atoms with Crippen LogP contribution in [0.3, 0.4) is 0 Å². The molecular formula is C10H16N6. The Hall–Kier alpha value is -1.66. The smallest absolute Gasteiger partial charge is 0.0670 e. The number of nitrogens with one attached hydrogen (secondary N) is 1. The molecule has 0 aromatic carbocycles. The van der Waals surface area contributed by atoms with Gasteiger partial charge >= 0.3 is 0 Å². The zero-order valence-corrected chi connectivity index (χ0v) is 9.46. The lowest BCUT2D eigenvalue weighted by Gasteiger charge is -2.15. The zero-order valence-electron chi connectivity index (χ0n) is 9.46. The van der Waals surface area contributed by atoms with Gasteiger partial charge in [0.2, 0.25) is 0 Å². The summed E-state index contributed by atoms with van der Waals surface area (Å²) >= 11 is 0. The third kappa shape index (κ3) is 2.12. The van der Waals surface area contributed by atoms with Crippen molar-refractivity contribution in [3.63, 3.8) is 0 Å². The first kappa shape index (κ1) is 10.8. The van der Waals surface area contributed by atoms with Gasteiger partial charge in [-0.15, -0.1) is 0 Å². The van der Waals surface area contributed by atoms with E-state index in [0.717, 1.165) is 17.7 Å². The molecule has 1 atom stereocenters. The molecule has 2 aromatic heterocycles. The van der Waals surface area contributed by atoms with Crippen molar-refractivity contribution >= 4 is 0 Å². The predicted octanol–water partition coefficient (Wildman–Crippen LogP) is -0.0993. The van der Waals surface area contributed by atoms with E-state index in [1.54, 1.807) is 10.9 Å². The van der Waals surface area contributed by atoms with E-state index in [2.05, 4.69) is 15.6 Å². The topological polar surface area (TPSA) is 73.7 Å². The lowest BCUT2D eigenvalue weighted by molar-refractivity contribution is 0.508. The maximum absolute atomic E-state index is 5.57. The van der Waals surface area contributed by atoms with E-state index in [0.29, 0.717) is 0 Å². The SMILES string of the molecule is Cn1cc(CC(NN)c2ccnn2C)cn1. The molecule has 3 N–H and O–H groups in total. The summed E-state index contributed by atoms with van der Waals surface area (Å²) < 4.78 is 3.60. The second-order valence-corrected chi connectivity index (χ2v) is 3.83. The first-order chi connectivity index (χ1) is 7.70. The van der Waals surface area contributed by atoms with E-state index in [4.69, 9.17) is 5.84 Å². The first-order valence-corrected chi connectivity index (χ1v) is 5.12. The molecule has 0 aliphatic rings. The van der Waals surface area contributed by atoms with Gasteiger partial charge in [-0.05, 0) is 18.1 Å². The fourth-order valence-electron chi connectivity index (χ4n) is 1.79. The van der Waals surface area contributed by atoms with Crippen molar-refractivity contribution in [1.29, 1.82) is 0 Å². The monoisotopic (exact) mass is 220 g/mol. The summed E-state index contributed by atoms with van der Waals surface area (Å²) in [5, 5.41) is 8.27. The molecule has 2 rings (SSSR count). The summed E-state index contributed by atoms with van der Waals surface area (Å²) in [5.41, 5.74) is 5.01. The molecule has 0 radical (unpaired) electrons. The molecule has 0 aliphatic carbocycles. The van der Waals surface area contributed by atoms with Gasteiger partial charge < -0.3 is 0 Å². The van der Waals surface area contributed by atoms with E-state index in [-0.39, 0.29) is 6.04 Å². The standard InChI is InChI=1S/C10H16N6/c1-15-7-8(6-13-15)5-9(14-11)10-3-4-12-16(10)2/h3-4,6-7,9,14H,5,11H2,1-2H3. The van der Waals surface area contributed by atoms with E-state index in [1.807, 2.05) is 37.2 Å². The zero-order chi connectivity index (χ0) is 11.5. The van der Waals surface area contributed by atoms with Crippen LogP contribution in [0.15, 0.2) is 24.7 Å². The second kappa shape index (κ2) is 4.46. The molecule has 16 heavy (non-hydrogen) atoms. The lowest BCUT2D eigenvalue weighted by atomic mass is 10.1. The maximum atomic E-state index is 5.57. The fraction of sp³-hybridized carbons (Fsp3) is 0.400. The number of rotatable bonds is 4. The van der Waals surface area contributed by atoms with Crippen molar-refractivity contribution in [3.05, 3.63) is 35.9 Å². The summed E-state index contributed by atoms with van der Waals surface area (Å²) in [6.45, 7) is 0. The molecule has 6 nitrogen and oxygen atoms in total. The van der Waals surface area contributed by atoms with Gasteiger partial charge in [0.25, 0.3) is 0 Å². The summed E-state index contributed by atoms with van der Waals surface area (Å²) in [4.78, 5) is 0. The highest BCUT2D eigenvalue weighted by Gasteiger charge is 2.14. The van der Waals surface area contributed by atoms with Crippen LogP contribution in [-0.4, -0.2) is 19.6 Å². The minimum atomic E-state index is 0.0525. The molecule has 0 saturated carbocycles. The van der Waals surface area contributed by atoms with Crippen molar-refractivity contribution in [3.8, 4) is 0 Å². The summed E-state index contributed by atoms with van der Waals surface area (Å²) in [5.74, 6) is 5.57. The number of nitrogens with two attached hydrogens (primary N) is 1. The van der Waals surface area contributed by atoms with E-state index in [1.165, 1.54) is 0 Å². The van der Waals surface area contributed by atoms with E-state index in [9.17, 15) is 0 Å². The Balaban J connectivity index is 2.15. The van der Waals surface area contributed by atoms with Crippen LogP contribution in [-0.2, 0) is 20.5 Å². The van der Waals surface area contributed by atoms with Gasteiger partial charge in [0, 0.05) is 26.5 Å². The van der Waals surface area contributed by atoms with Crippen molar-refractivity contribution in [2.24, 2.45) is 19.9 Å². The molecule has 2 aromatic rings. The number of aryl methyl sites for hydroxylation is 2. The minimum absolute atomic E-state index is 0.0525.